The normalized spacial score (nSPS) is 28.3. The standard InChI is InChI=1S/C21H36N2/c1-8-18-20(21(18,6)7)14(3)16(5)23-19(13(2)15(4)22)12-17-10-9-11-17/h14,17-20,23H,2,4-5,8-12,22H2,1,3,6-7H3. The van der Waals surface area contributed by atoms with Crippen LogP contribution in [0.25, 0.3) is 0 Å². The van der Waals surface area contributed by atoms with Crippen molar-refractivity contribution in [1.82, 2.24) is 5.32 Å². The van der Waals surface area contributed by atoms with E-state index in [0.29, 0.717) is 17.0 Å². The molecular formula is C21H36N2. The fraction of sp³-hybridized carbons (Fsp3) is 0.714. The monoisotopic (exact) mass is 316 g/mol. The Morgan fingerprint density at radius 3 is 2.26 bits per heavy atom. The molecule has 0 radical (unpaired) electrons. The zero-order valence-electron chi connectivity index (χ0n) is 15.6. The van der Waals surface area contributed by atoms with Crippen LogP contribution in [0.1, 0.15) is 59.8 Å². The number of nitrogens with two attached hydrogens (primary N) is 1. The average Bonchev–Trinajstić information content (AvgIpc) is 3.00. The summed E-state index contributed by atoms with van der Waals surface area (Å²) in [5, 5.41) is 3.67. The lowest BCUT2D eigenvalue weighted by Gasteiger charge is -2.33. The smallest absolute Gasteiger partial charge is 0.0527 e. The van der Waals surface area contributed by atoms with E-state index in [-0.39, 0.29) is 6.04 Å². The molecule has 2 aliphatic carbocycles. The Morgan fingerprint density at radius 2 is 1.87 bits per heavy atom. The van der Waals surface area contributed by atoms with Crippen molar-refractivity contribution in [3.05, 3.63) is 36.7 Å². The highest BCUT2D eigenvalue weighted by Gasteiger charge is 2.58. The van der Waals surface area contributed by atoms with Gasteiger partial charge in [-0.2, -0.15) is 0 Å². The van der Waals surface area contributed by atoms with Gasteiger partial charge in [0, 0.05) is 11.4 Å². The summed E-state index contributed by atoms with van der Waals surface area (Å²) in [6.07, 6.45) is 6.38. The molecule has 4 unspecified atom stereocenters. The molecule has 130 valence electrons. The topological polar surface area (TPSA) is 38.0 Å². The highest BCUT2D eigenvalue weighted by molar-refractivity contribution is 5.29. The van der Waals surface area contributed by atoms with Crippen LogP contribution in [-0.2, 0) is 0 Å². The van der Waals surface area contributed by atoms with Gasteiger partial charge in [0.2, 0.25) is 0 Å². The second kappa shape index (κ2) is 6.75. The lowest BCUT2D eigenvalue weighted by molar-refractivity contribution is 0.273. The van der Waals surface area contributed by atoms with Crippen LogP contribution in [0.3, 0.4) is 0 Å². The van der Waals surface area contributed by atoms with Crippen molar-refractivity contribution >= 4 is 0 Å². The summed E-state index contributed by atoms with van der Waals surface area (Å²) < 4.78 is 0. The molecule has 0 aromatic carbocycles. The van der Waals surface area contributed by atoms with Crippen LogP contribution in [0.2, 0.25) is 0 Å². The molecule has 0 bridgehead atoms. The van der Waals surface area contributed by atoms with E-state index in [4.69, 9.17) is 5.73 Å². The van der Waals surface area contributed by atoms with Crippen LogP contribution in [0.4, 0.5) is 0 Å². The molecular weight excluding hydrogens is 280 g/mol. The predicted molar refractivity (Wildman–Crippen MR) is 101 cm³/mol. The van der Waals surface area contributed by atoms with Gasteiger partial charge in [0.15, 0.2) is 0 Å². The molecule has 0 spiro atoms. The first-order valence-corrected chi connectivity index (χ1v) is 9.29. The number of allylic oxidation sites excluding steroid dienone is 1. The Balaban J connectivity index is 1.99. The van der Waals surface area contributed by atoms with Crippen molar-refractivity contribution < 1.29 is 0 Å². The van der Waals surface area contributed by atoms with Gasteiger partial charge in [-0.25, -0.2) is 0 Å². The maximum Gasteiger partial charge on any atom is 0.0527 e. The fourth-order valence-electron chi connectivity index (χ4n) is 4.71. The van der Waals surface area contributed by atoms with E-state index in [0.717, 1.165) is 35.4 Å². The lowest BCUT2D eigenvalue weighted by Crippen LogP contribution is -2.37. The summed E-state index contributed by atoms with van der Waals surface area (Å²) in [5.74, 6) is 2.82. The molecule has 2 fully saturated rings. The molecule has 2 nitrogen and oxygen atoms in total. The van der Waals surface area contributed by atoms with Crippen LogP contribution >= 0.6 is 0 Å². The van der Waals surface area contributed by atoms with E-state index in [2.05, 4.69) is 52.7 Å². The highest BCUT2D eigenvalue weighted by Crippen LogP contribution is 2.64. The molecule has 0 aromatic heterocycles. The fourth-order valence-corrected chi connectivity index (χ4v) is 4.71. The van der Waals surface area contributed by atoms with Crippen molar-refractivity contribution in [2.75, 3.05) is 0 Å². The van der Waals surface area contributed by atoms with Gasteiger partial charge in [0.05, 0.1) is 6.04 Å². The maximum atomic E-state index is 5.92. The van der Waals surface area contributed by atoms with Crippen LogP contribution in [0, 0.1) is 29.1 Å². The van der Waals surface area contributed by atoms with Gasteiger partial charge in [-0.1, -0.05) is 73.1 Å². The third kappa shape index (κ3) is 3.67. The van der Waals surface area contributed by atoms with Crippen molar-refractivity contribution in [1.29, 1.82) is 0 Å². The minimum atomic E-state index is 0.190. The predicted octanol–water partition coefficient (Wildman–Crippen LogP) is 5.00. The van der Waals surface area contributed by atoms with Gasteiger partial charge in [0.1, 0.15) is 0 Å². The first kappa shape index (κ1) is 18.2. The average molecular weight is 317 g/mol. The molecule has 0 saturated heterocycles. The largest absolute Gasteiger partial charge is 0.399 e. The quantitative estimate of drug-likeness (QED) is 0.588. The van der Waals surface area contributed by atoms with E-state index in [1.54, 1.807) is 0 Å². The van der Waals surface area contributed by atoms with E-state index in [1.807, 2.05) is 0 Å². The second-order valence-corrected chi connectivity index (χ2v) is 8.46. The van der Waals surface area contributed by atoms with Crippen molar-refractivity contribution in [2.45, 2.75) is 65.8 Å². The Labute approximate surface area is 143 Å². The molecule has 0 aliphatic heterocycles. The molecule has 23 heavy (non-hydrogen) atoms. The summed E-state index contributed by atoms with van der Waals surface area (Å²) in [5.41, 5.74) is 9.04. The second-order valence-electron chi connectivity index (χ2n) is 8.46. The summed E-state index contributed by atoms with van der Waals surface area (Å²) in [6.45, 7) is 21.8. The minimum absolute atomic E-state index is 0.190. The third-order valence-corrected chi connectivity index (χ3v) is 6.65. The van der Waals surface area contributed by atoms with Gasteiger partial charge in [0.25, 0.3) is 0 Å². The van der Waals surface area contributed by atoms with Gasteiger partial charge in [-0.3, -0.25) is 0 Å². The van der Waals surface area contributed by atoms with Crippen molar-refractivity contribution in [3.8, 4) is 0 Å². The van der Waals surface area contributed by atoms with Crippen molar-refractivity contribution in [2.24, 2.45) is 34.8 Å². The van der Waals surface area contributed by atoms with Gasteiger partial charge in [-0.05, 0) is 41.1 Å². The highest BCUT2D eigenvalue weighted by atomic mass is 14.9. The Bertz CT molecular complexity index is 484. The molecule has 4 atom stereocenters. The Hall–Kier alpha value is -1.18. The summed E-state index contributed by atoms with van der Waals surface area (Å²) in [7, 11) is 0. The molecule has 0 heterocycles. The summed E-state index contributed by atoms with van der Waals surface area (Å²) in [6, 6.07) is 0.190. The maximum absolute atomic E-state index is 5.92. The van der Waals surface area contributed by atoms with E-state index in [1.165, 1.54) is 25.7 Å². The number of rotatable bonds is 9. The minimum Gasteiger partial charge on any atom is -0.399 e. The first-order valence-electron chi connectivity index (χ1n) is 9.29. The molecule has 0 aromatic rings. The molecule has 2 aliphatic rings. The van der Waals surface area contributed by atoms with Gasteiger partial charge in [-0.15, -0.1) is 0 Å². The van der Waals surface area contributed by atoms with E-state index in [9.17, 15) is 0 Å². The molecule has 2 saturated carbocycles. The van der Waals surface area contributed by atoms with Crippen LogP contribution in [0.15, 0.2) is 36.7 Å². The SMILES string of the molecule is C=C(N)C(=C)C(CC1CCC1)NC(=C)C(C)C1C(CC)C1(C)C. The molecule has 3 N–H and O–H groups in total. The van der Waals surface area contributed by atoms with Crippen LogP contribution < -0.4 is 11.1 Å². The zero-order chi connectivity index (χ0) is 17.4. The first-order chi connectivity index (χ1) is 10.7. The Kier molecular flexibility index (Phi) is 5.33. The molecule has 2 rings (SSSR count). The lowest BCUT2D eigenvalue weighted by atomic mass is 9.79. The van der Waals surface area contributed by atoms with Gasteiger partial charge < -0.3 is 11.1 Å². The van der Waals surface area contributed by atoms with Gasteiger partial charge >= 0.3 is 0 Å². The van der Waals surface area contributed by atoms with E-state index >= 15 is 0 Å². The van der Waals surface area contributed by atoms with Crippen LogP contribution in [0.5, 0.6) is 0 Å². The number of hydrogen-bond donors (Lipinski definition) is 2. The summed E-state index contributed by atoms with van der Waals surface area (Å²) >= 11 is 0. The molecule has 2 heteroatoms. The van der Waals surface area contributed by atoms with Crippen molar-refractivity contribution in [3.63, 3.8) is 0 Å². The number of hydrogen-bond acceptors (Lipinski definition) is 2. The number of nitrogens with one attached hydrogen (secondary N) is 1. The third-order valence-electron chi connectivity index (χ3n) is 6.65. The summed E-state index contributed by atoms with van der Waals surface area (Å²) in [4.78, 5) is 0. The molecule has 0 amide bonds. The van der Waals surface area contributed by atoms with E-state index < -0.39 is 0 Å². The zero-order valence-corrected chi connectivity index (χ0v) is 15.6. The Morgan fingerprint density at radius 1 is 1.26 bits per heavy atom. The van der Waals surface area contributed by atoms with Crippen LogP contribution in [-0.4, -0.2) is 6.04 Å².